The van der Waals surface area contributed by atoms with Gasteiger partial charge in [-0.3, -0.25) is 4.79 Å². The van der Waals surface area contributed by atoms with Gasteiger partial charge in [-0.1, -0.05) is 31.9 Å². The third kappa shape index (κ3) is 3.55. The van der Waals surface area contributed by atoms with Crippen LogP contribution in [-0.4, -0.2) is 19.7 Å². The first kappa shape index (κ1) is 18.3. The van der Waals surface area contributed by atoms with Gasteiger partial charge >= 0.3 is 0 Å². The summed E-state index contributed by atoms with van der Waals surface area (Å²) in [4.78, 5) is 15.3. The zero-order chi connectivity index (χ0) is 18.5. The van der Waals surface area contributed by atoms with Gasteiger partial charge in [0, 0.05) is 30.9 Å². The molecule has 0 unspecified atom stereocenters. The second-order valence-corrected chi connectivity index (χ2v) is 6.47. The Bertz CT molecular complexity index is 941. The number of benzene rings is 2. The lowest BCUT2D eigenvalue weighted by Crippen LogP contribution is -2.22. The highest BCUT2D eigenvalue weighted by Gasteiger charge is 2.16. The van der Waals surface area contributed by atoms with Crippen molar-refractivity contribution in [2.45, 2.75) is 40.0 Å². The minimum Gasteiger partial charge on any atom is -0.493 e. The topological polar surface area (TPSA) is 42.7 Å². The van der Waals surface area contributed by atoms with Crippen LogP contribution in [0.5, 0.6) is 5.75 Å². The highest BCUT2D eigenvalue weighted by atomic mass is 16.5. The SMILES string of the molecule is CCCCCOc1cc(N(CC)CC)cc2oc3ccccc3c(=O)c12. The van der Waals surface area contributed by atoms with Crippen molar-refractivity contribution in [3.8, 4) is 5.75 Å². The van der Waals surface area contributed by atoms with Crippen molar-refractivity contribution in [2.24, 2.45) is 0 Å². The van der Waals surface area contributed by atoms with Crippen molar-refractivity contribution >= 4 is 27.6 Å². The zero-order valence-electron chi connectivity index (χ0n) is 15.9. The van der Waals surface area contributed by atoms with Gasteiger partial charge in [0.1, 0.15) is 22.3 Å². The second-order valence-electron chi connectivity index (χ2n) is 6.47. The predicted octanol–water partition coefficient (Wildman–Crippen LogP) is 5.36. The quantitative estimate of drug-likeness (QED) is 0.404. The Morgan fingerprint density at radius 1 is 1.00 bits per heavy atom. The Balaban J connectivity index is 2.18. The molecule has 0 radical (unpaired) electrons. The van der Waals surface area contributed by atoms with E-state index in [0.29, 0.717) is 34.3 Å². The summed E-state index contributed by atoms with van der Waals surface area (Å²) in [7, 11) is 0. The number of unbranched alkanes of at least 4 members (excludes halogenated alkanes) is 2. The first-order valence-corrected chi connectivity index (χ1v) is 9.56. The van der Waals surface area contributed by atoms with Gasteiger partial charge in [0.2, 0.25) is 5.43 Å². The molecule has 1 heterocycles. The molecule has 4 heteroatoms. The van der Waals surface area contributed by atoms with Gasteiger partial charge in [0.25, 0.3) is 0 Å². The molecule has 3 aromatic rings. The number of hydrogen-bond donors (Lipinski definition) is 0. The third-order valence-electron chi connectivity index (χ3n) is 4.76. The van der Waals surface area contributed by atoms with Crippen LogP contribution >= 0.6 is 0 Å². The molecular formula is C22H27NO3. The van der Waals surface area contributed by atoms with E-state index in [1.54, 1.807) is 6.07 Å². The number of rotatable bonds is 8. The number of ether oxygens (including phenoxy) is 1. The number of anilines is 1. The maximum atomic E-state index is 13.1. The van der Waals surface area contributed by atoms with E-state index in [1.165, 1.54) is 0 Å². The summed E-state index contributed by atoms with van der Waals surface area (Å²) in [5.41, 5.74) is 2.19. The normalized spacial score (nSPS) is 11.2. The van der Waals surface area contributed by atoms with Crippen molar-refractivity contribution in [3.05, 3.63) is 46.6 Å². The first-order valence-electron chi connectivity index (χ1n) is 9.56. The molecule has 1 aromatic heterocycles. The van der Waals surface area contributed by atoms with Gasteiger partial charge in [0.15, 0.2) is 0 Å². The maximum Gasteiger partial charge on any atom is 0.204 e. The summed E-state index contributed by atoms with van der Waals surface area (Å²) in [5.74, 6) is 0.625. The smallest absolute Gasteiger partial charge is 0.204 e. The number of hydrogen-bond acceptors (Lipinski definition) is 4. The molecule has 138 valence electrons. The van der Waals surface area contributed by atoms with E-state index in [-0.39, 0.29) is 5.43 Å². The highest BCUT2D eigenvalue weighted by Crippen LogP contribution is 2.32. The summed E-state index contributed by atoms with van der Waals surface area (Å²) >= 11 is 0. The summed E-state index contributed by atoms with van der Waals surface area (Å²) in [5, 5.41) is 1.13. The van der Waals surface area contributed by atoms with E-state index >= 15 is 0 Å². The summed E-state index contributed by atoms with van der Waals surface area (Å²) < 4.78 is 12.1. The Morgan fingerprint density at radius 2 is 1.77 bits per heavy atom. The van der Waals surface area contributed by atoms with Crippen LogP contribution in [0.3, 0.4) is 0 Å². The average molecular weight is 353 g/mol. The van der Waals surface area contributed by atoms with Crippen LogP contribution in [0.1, 0.15) is 40.0 Å². The fraction of sp³-hybridized carbons (Fsp3) is 0.409. The Hall–Kier alpha value is -2.49. The van der Waals surface area contributed by atoms with Gasteiger partial charge in [-0.15, -0.1) is 0 Å². The molecule has 0 aliphatic carbocycles. The van der Waals surface area contributed by atoms with Gasteiger partial charge in [-0.25, -0.2) is 0 Å². The zero-order valence-corrected chi connectivity index (χ0v) is 15.9. The number of para-hydroxylation sites is 1. The average Bonchev–Trinajstić information content (AvgIpc) is 2.66. The van der Waals surface area contributed by atoms with Gasteiger partial charge in [0.05, 0.1) is 12.0 Å². The lowest BCUT2D eigenvalue weighted by atomic mass is 10.1. The van der Waals surface area contributed by atoms with E-state index in [0.717, 1.165) is 38.0 Å². The maximum absolute atomic E-state index is 13.1. The third-order valence-corrected chi connectivity index (χ3v) is 4.76. The van der Waals surface area contributed by atoms with Crippen molar-refractivity contribution in [3.63, 3.8) is 0 Å². The van der Waals surface area contributed by atoms with Crippen LogP contribution in [0.25, 0.3) is 21.9 Å². The van der Waals surface area contributed by atoms with Crippen molar-refractivity contribution in [1.29, 1.82) is 0 Å². The van der Waals surface area contributed by atoms with Crippen LogP contribution in [-0.2, 0) is 0 Å². The summed E-state index contributed by atoms with van der Waals surface area (Å²) in [6.07, 6.45) is 3.23. The molecule has 0 spiro atoms. The molecule has 0 aliphatic heterocycles. The first-order chi connectivity index (χ1) is 12.7. The van der Waals surface area contributed by atoms with Gasteiger partial charge in [-0.2, -0.15) is 0 Å². The fourth-order valence-electron chi connectivity index (χ4n) is 3.30. The van der Waals surface area contributed by atoms with Crippen LogP contribution in [0, 0.1) is 0 Å². The molecular weight excluding hydrogens is 326 g/mol. The standard InChI is InChI=1S/C22H27NO3/c1-4-7-10-13-25-19-14-16(23(5-2)6-3)15-20-21(19)22(24)17-11-8-9-12-18(17)26-20/h8-9,11-12,14-15H,4-7,10,13H2,1-3H3. The number of nitrogens with zero attached hydrogens (tertiary/aromatic N) is 1. The van der Waals surface area contributed by atoms with Crippen LogP contribution < -0.4 is 15.1 Å². The summed E-state index contributed by atoms with van der Waals surface area (Å²) in [6.45, 7) is 8.77. The van der Waals surface area contributed by atoms with Crippen molar-refractivity contribution in [2.75, 3.05) is 24.6 Å². The van der Waals surface area contributed by atoms with E-state index < -0.39 is 0 Å². The molecule has 3 rings (SSSR count). The Morgan fingerprint density at radius 3 is 2.50 bits per heavy atom. The summed E-state index contributed by atoms with van der Waals surface area (Å²) in [6, 6.07) is 11.3. The molecule has 0 aliphatic rings. The van der Waals surface area contributed by atoms with Crippen molar-refractivity contribution < 1.29 is 9.15 Å². The molecule has 0 amide bonds. The highest BCUT2D eigenvalue weighted by molar-refractivity contribution is 5.95. The number of fused-ring (bicyclic) bond motifs is 2. The monoisotopic (exact) mass is 353 g/mol. The van der Waals surface area contributed by atoms with Gasteiger partial charge in [-0.05, 0) is 32.4 Å². The fourth-order valence-corrected chi connectivity index (χ4v) is 3.30. The second kappa shape index (κ2) is 8.26. The molecule has 0 saturated carbocycles. The molecule has 0 atom stereocenters. The molecule has 26 heavy (non-hydrogen) atoms. The Kier molecular flexibility index (Phi) is 5.82. The van der Waals surface area contributed by atoms with Crippen LogP contribution in [0.15, 0.2) is 45.6 Å². The Labute approximate surface area is 154 Å². The van der Waals surface area contributed by atoms with Crippen LogP contribution in [0.4, 0.5) is 5.69 Å². The van der Waals surface area contributed by atoms with E-state index in [9.17, 15) is 4.79 Å². The molecule has 0 fully saturated rings. The molecule has 0 saturated heterocycles. The lowest BCUT2D eigenvalue weighted by Gasteiger charge is -2.22. The van der Waals surface area contributed by atoms with Gasteiger partial charge < -0.3 is 14.1 Å². The largest absolute Gasteiger partial charge is 0.493 e. The van der Waals surface area contributed by atoms with E-state index in [1.807, 2.05) is 30.3 Å². The van der Waals surface area contributed by atoms with Crippen LogP contribution in [0.2, 0.25) is 0 Å². The molecule has 4 nitrogen and oxygen atoms in total. The molecule has 0 N–H and O–H groups in total. The lowest BCUT2D eigenvalue weighted by molar-refractivity contribution is 0.309. The molecule has 2 aromatic carbocycles. The molecule has 0 bridgehead atoms. The minimum absolute atomic E-state index is 0.0292. The predicted molar refractivity (Wildman–Crippen MR) is 109 cm³/mol. The minimum atomic E-state index is -0.0292. The van der Waals surface area contributed by atoms with Crippen molar-refractivity contribution in [1.82, 2.24) is 0 Å². The van der Waals surface area contributed by atoms with E-state index in [4.69, 9.17) is 9.15 Å². The van der Waals surface area contributed by atoms with E-state index in [2.05, 4.69) is 25.7 Å².